The summed E-state index contributed by atoms with van der Waals surface area (Å²) in [5.41, 5.74) is 2.60. The molecular formula is C23H29N3O2. The largest absolute Gasteiger partial charge is 0.339 e. The monoisotopic (exact) mass is 379 g/mol. The molecule has 2 aromatic rings. The summed E-state index contributed by atoms with van der Waals surface area (Å²) in [7, 11) is 0. The smallest absolute Gasteiger partial charge is 0.253 e. The lowest BCUT2D eigenvalue weighted by molar-refractivity contribution is -0.120. The van der Waals surface area contributed by atoms with Crippen LogP contribution < -0.4 is 5.32 Å². The number of rotatable bonds is 7. The lowest BCUT2D eigenvalue weighted by Crippen LogP contribution is -2.39. The first-order chi connectivity index (χ1) is 13.6. The van der Waals surface area contributed by atoms with Gasteiger partial charge in [-0.1, -0.05) is 30.3 Å². The Morgan fingerprint density at radius 1 is 1.04 bits per heavy atom. The van der Waals surface area contributed by atoms with Crippen LogP contribution in [0.3, 0.4) is 0 Å². The third kappa shape index (κ3) is 4.78. The number of carbonyl (C=O) groups is 2. The number of hydrogen-bond acceptors (Lipinski definition) is 3. The van der Waals surface area contributed by atoms with Gasteiger partial charge >= 0.3 is 0 Å². The molecule has 2 amide bonds. The number of anilines is 1. The second kappa shape index (κ2) is 9.51. The van der Waals surface area contributed by atoms with E-state index in [-0.39, 0.29) is 17.9 Å². The van der Waals surface area contributed by atoms with Crippen molar-refractivity contribution in [3.05, 3.63) is 65.7 Å². The molecule has 0 aromatic heterocycles. The van der Waals surface area contributed by atoms with Gasteiger partial charge in [-0.2, -0.15) is 0 Å². The summed E-state index contributed by atoms with van der Waals surface area (Å²) >= 11 is 0. The Bertz CT molecular complexity index is 785. The normalized spacial score (nSPS) is 16.7. The molecule has 1 fully saturated rings. The molecule has 3 rings (SSSR count). The Morgan fingerprint density at radius 2 is 1.71 bits per heavy atom. The number of nitrogens with zero attached hydrogens (tertiary/aromatic N) is 2. The van der Waals surface area contributed by atoms with E-state index in [0.717, 1.165) is 31.6 Å². The molecule has 0 spiro atoms. The molecule has 5 nitrogen and oxygen atoms in total. The zero-order chi connectivity index (χ0) is 19.9. The SMILES string of the molecule is CCN(CC)C(=O)c1ccc(NC(=O)C2CCCN2Cc2ccccc2)cc1. The Labute approximate surface area is 167 Å². The minimum absolute atomic E-state index is 0.0210. The van der Waals surface area contributed by atoms with Crippen LogP contribution in [-0.4, -0.2) is 47.3 Å². The summed E-state index contributed by atoms with van der Waals surface area (Å²) in [4.78, 5) is 29.2. The van der Waals surface area contributed by atoms with Gasteiger partial charge in [0.25, 0.3) is 5.91 Å². The fraction of sp³-hybridized carbons (Fsp3) is 0.391. The van der Waals surface area contributed by atoms with Crippen molar-refractivity contribution >= 4 is 17.5 Å². The van der Waals surface area contributed by atoms with E-state index in [9.17, 15) is 9.59 Å². The lowest BCUT2D eigenvalue weighted by Gasteiger charge is -2.24. The van der Waals surface area contributed by atoms with Gasteiger partial charge in [0.05, 0.1) is 6.04 Å². The highest BCUT2D eigenvalue weighted by molar-refractivity contribution is 5.97. The minimum Gasteiger partial charge on any atom is -0.339 e. The highest BCUT2D eigenvalue weighted by Gasteiger charge is 2.30. The van der Waals surface area contributed by atoms with E-state index >= 15 is 0 Å². The topological polar surface area (TPSA) is 52.7 Å². The van der Waals surface area contributed by atoms with Crippen molar-refractivity contribution < 1.29 is 9.59 Å². The van der Waals surface area contributed by atoms with E-state index in [1.807, 2.05) is 44.2 Å². The van der Waals surface area contributed by atoms with Crippen molar-refractivity contribution in [1.82, 2.24) is 9.80 Å². The van der Waals surface area contributed by atoms with Crippen LogP contribution in [0.5, 0.6) is 0 Å². The van der Waals surface area contributed by atoms with Gasteiger partial charge in [-0.25, -0.2) is 0 Å². The van der Waals surface area contributed by atoms with Crippen molar-refractivity contribution in [2.75, 3.05) is 25.0 Å². The van der Waals surface area contributed by atoms with Gasteiger partial charge in [-0.15, -0.1) is 0 Å². The quantitative estimate of drug-likeness (QED) is 0.797. The van der Waals surface area contributed by atoms with E-state index in [2.05, 4.69) is 22.3 Å². The summed E-state index contributed by atoms with van der Waals surface area (Å²) in [6.07, 6.45) is 1.90. The first-order valence-corrected chi connectivity index (χ1v) is 10.1. The number of nitrogens with one attached hydrogen (secondary N) is 1. The molecular weight excluding hydrogens is 350 g/mol. The minimum atomic E-state index is -0.114. The van der Waals surface area contributed by atoms with Crippen molar-refractivity contribution in [2.45, 2.75) is 39.3 Å². The number of likely N-dealkylation sites (tertiary alicyclic amines) is 1. The maximum atomic E-state index is 12.8. The molecule has 5 heteroatoms. The van der Waals surface area contributed by atoms with Crippen molar-refractivity contribution in [3.63, 3.8) is 0 Å². The van der Waals surface area contributed by atoms with Crippen molar-refractivity contribution in [2.24, 2.45) is 0 Å². The highest BCUT2D eigenvalue weighted by atomic mass is 16.2. The average molecular weight is 380 g/mol. The third-order valence-corrected chi connectivity index (χ3v) is 5.34. The number of carbonyl (C=O) groups excluding carboxylic acids is 2. The van der Waals surface area contributed by atoms with Gasteiger partial charge in [-0.3, -0.25) is 14.5 Å². The van der Waals surface area contributed by atoms with Gasteiger partial charge in [0.15, 0.2) is 0 Å². The summed E-state index contributed by atoms with van der Waals surface area (Å²) < 4.78 is 0. The Kier molecular flexibility index (Phi) is 6.82. The van der Waals surface area contributed by atoms with E-state index < -0.39 is 0 Å². The fourth-order valence-corrected chi connectivity index (χ4v) is 3.75. The van der Waals surface area contributed by atoms with E-state index in [1.54, 1.807) is 17.0 Å². The van der Waals surface area contributed by atoms with E-state index in [4.69, 9.17) is 0 Å². The molecule has 148 valence electrons. The average Bonchev–Trinajstić information content (AvgIpc) is 3.18. The van der Waals surface area contributed by atoms with Crippen LogP contribution in [0.25, 0.3) is 0 Å². The predicted octanol–water partition coefficient (Wildman–Crippen LogP) is 3.77. The van der Waals surface area contributed by atoms with Crippen LogP contribution in [-0.2, 0) is 11.3 Å². The standard InChI is InChI=1S/C23H29N3O2/c1-3-25(4-2)23(28)19-12-14-20(15-13-19)24-22(27)21-11-8-16-26(21)17-18-9-6-5-7-10-18/h5-7,9-10,12-15,21H,3-4,8,11,16-17H2,1-2H3,(H,24,27). The van der Waals surface area contributed by atoms with Crippen LogP contribution in [0.15, 0.2) is 54.6 Å². The molecule has 1 aliphatic rings. The zero-order valence-electron chi connectivity index (χ0n) is 16.7. The van der Waals surface area contributed by atoms with Crippen molar-refractivity contribution in [3.8, 4) is 0 Å². The van der Waals surface area contributed by atoms with Crippen LogP contribution >= 0.6 is 0 Å². The van der Waals surface area contributed by atoms with E-state index in [0.29, 0.717) is 18.7 Å². The van der Waals surface area contributed by atoms with Gasteiger partial charge in [0.2, 0.25) is 5.91 Å². The molecule has 2 aromatic carbocycles. The van der Waals surface area contributed by atoms with Gasteiger partial charge in [-0.05, 0) is 63.1 Å². The molecule has 1 heterocycles. The molecule has 0 radical (unpaired) electrons. The van der Waals surface area contributed by atoms with Crippen LogP contribution in [0.1, 0.15) is 42.6 Å². The third-order valence-electron chi connectivity index (χ3n) is 5.34. The van der Waals surface area contributed by atoms with Crippen LogP contribution in [0.2, 0.25) is 0 Å². The Balaban J connectivity index is 1.61. The highest BCUT2D eigenvalue weighted by Crippen LogP contribution is 2.22. The maximum absolute atomic E-state index is 12.8. The molecule has 1 unspecified atom stereocenters. The van der Waals surface area contributed by atoms with Crippen LogP contribution in [0.4, 0.5) is 5.69 Å². The molecule has 1 N–H and O–H groups in total. The Morgan fingerprint density at radius 3 is 2.36 bits per heavy atom. The fourth-order valence-electron chi connectivity index (χ4n) is 3.75. The maximum Gasteiger partial charge on any atom is 0.253 e. The summed E-state index contributed by atoms with van der Waals surface area (Å²) in [5, 5.41) is 3.02. The predicted molar refractivity (Wildman–Crippen MR) is 112 cm³/mol. The summed E-state index contributed by atoms with van der Waals surface area (Å²) in [6, 6.07) is 17.3. The summed E-state index contributed by atoms with van der Waals surface area (Å²) in [6.45, 7) is 7.04. The second-order valence-corrected chi connectivity index (χ2v) is 7.16. The first kappa shape index (κ1) is 20.1. The summed E-state index contributed by atoms with van der Waals surface area (Å²) in [5.74, 6) is 0.0453. The van der Waals surface area contributed by atoms with Crippen LogP contribution in [0, 0.1) is 0 Å². The lowest BCUT2D eigenvalue weighted by atomic mass is 10.1. The zero-order valence-corrected chi connectivity index (χ0v) is 16.7. The number of amides is 2. The van der Waals surface area contributed by atoms with Gasteiger partial charge in [0.1, 0.15) is 0 Å². The second-order valence-electron chi connectivity index (χ2n) is 7.16. The molecule has 1 atom stereocenters. The van der Waals surface area contributed by atoms with Crippen molar-refractivity contribution in [1.29, 1.82) is 0 Å². The molecule has 1 aliphatic heterocycles. The van der Waals surface area contributed by atoms with Gasteiger partial charge < -0.3 is 10.2 Å². The molecule has 28 heavy (non-hydrogen) atoms. The molecule has 0 aliphatic carbocycles. The number of hydrogen-bond donors (Lipinski definition) is 1. The molecule has 0 saturated carbocycles. The van der Waals surface area contributed by atoms with E-state index in [1.165, 1.54) is 5.56 Å². The first-order valence-electron chi connectivity index (χ1n) is 10.1. The molecule has 0 bridgehead atoms. The van der Waals surface area contributed by atoms with Gasteiger partial charge in [0, 0.05) is 30.9 Å². The molecule has 1 saturated heterocycles. The Hall–Kier alpha value is -2.66. The number of benzene rings is 2.